The van der Waals surface area contributed by atoms with Gasteiger partial charge in [0.1, 0.15) is 5.04 Å². The van der Waals surface area contributed by atoms with Gasteiger partial charge in [0.25, 0.3) is 0 Å². The van der Waals surface area contributed by atoms with E-state index in [0.717, 1.165) is 40.6 Å². The molecule has 0 radical (unpaired) electrons. The fourth-order valence-electron chi connectivity index (χ4n) is 3.87. The Morgan fingerprint density at radius 3 is 2.45 bits per heavy atom. The van der Waals surface area contributed by atoms with E-state index < -0.39 is 5.66 Å². The molecule has 31 heavy (non-hydrogen) atoms. The van der Waals surface area contributed by atoms with Crippen LogP contribution in [0, 0.1) is 13.8 Å². The SMILES string of the molecule is CCSC1=NC2(CCN(C(=O)Nc3ccc(C)c(C)c3)CC2)N=C1c1ccc(Cl)cc1. The van der Waals surface area contributed by atoms with Gasteiger partial charge >= 0.3 is 6.03 Å². The molecule has 7 heteroatoms. The van der Waals surface area contributed by atoms with E-state index in [2.05, 4.69) is 26.1 Å². The van der Waals surface area contributed by atoms with E-state index in [-0.39, 0.29) is 6.03 Å². The fraction of sp³-hybridized carbons (Fsp3) is 0.375. The summed E-state index contributed by atoms with van der Waals surface area (Å²) in [5.41, 5.74) is 4.72. The van der Waals surface area contributed by atoms with Gasteiger partial charge in [0, 0.05) is 42.2 Å². The van der Waals surface area contributed by atoms with Crippen LogP contribution in [0.15, 0.2) is 52.4 Å². The summed E-state index contributed by atoms with van der Waals surface area (Å²) in [4.78, 5) is 24.7. The molecule has 2 aliphatic heterocycles. The first-order chi connectivity index (χ1) is 14.9. The largest absolute Gasteiger partial charge is 0.324 e. The summed E-state index contributed by atoms with van der Waals surface area (Å²) in [5.74, 6) is 0.937. The van der Waals surface area contributed by atoms with Crippen LogP contribution < -0.4 is 5.32 Å². The predicted octanol–water partition coefficient (Wildman–Crippen LogP) is 5.94. The van der Waals surface area contributed by atoms with E-state index in [0.29, 0.717) is 18.1 Å². The van der Waals surface area contributed by atoms with E-state index in [1.165, 1.54) is 11.1 Å². The zero-order valence-electron chi connectivity index (χ0n) is 18.1. The molecule has 2 aromatic rings. The third kappa shape index (κ3) is 4.80. The number of rotatable bonds is 3. The Morgan fingerprint density at radius 1 is 1.10 bits per heavy atom. The lowest BCUT2D eigenvalue weighted by Crippen LogP contribution is -2.46. The number of nitrogens with zero attached hydrogens (tertiary/aromatic N) is 3. The van der Waals surface area contributed by atoms with Gasteiger partial charge in [0.2, 0.25) is 0 Å². The summed E-state index contributed by atoms with van der Waals surface area (Å²) in [5, 5.41) is 4.72. The van der Waals surface area contributed by atoms with Crippen molar-refractivity contribution >= 4 is 45.8 Å². The molecular formula is C24H27ClN4OS. The predicted molar refractivity (Wildman–Crippen MR) is 132 cm³/mol. The second-order valence-electron chi connectivity index (χ2n) is 8.02. The standard InChI is InChI=1S/C24H27ClN4OS/c1-4-31-22-21(18-6-8-19(25)9-7-18)27-24(28-22)11-13-29(14-12-24)23(30)26-20-10-5-16(2)17(3)15-20/h5-10,15H,4,11-14H2,1-3H3,(H,26,30). The number of carbonyl (C=O) groups excluding carboxylic acids is 1. The quantitative estimate of drug-likeness (QED) is 0.624. The van der Waals surface area contributed by atoms with E-state index in [4.69, 9.17) is 21.6 Å². The second-order valence-corrected chi connectivity index (χ2v) is 9.71. The average molecular weight is 455 g/mol. The Bertz CT molecular complexity index is 1040. The van der Waals surface area contributed by atoms with Crippen molar-refractivity contribution < 1.29 is 4.79 Å². The molecule has 2 amide bonds. The molecule has 4 rings (SSSR count). The van der Waals surface area contributed by atoms with Gasteiger partial charge in [-0.25, -0.2) is 9.79 Å². The van der Waals surface area contributed by atoms with Crippen molar-refractivity contribution in [2.45, 2.75) is 39.3 Å². The van der Waals surface area contributed by atoms with Crippen molar-refractivity contribution in [1.29, 1.82) is 0 Å². The van der Waals surface area contributed by atoms with Crippen molar-refractivity contribution in [3.63, 3.8) is 0 Å². The van der Waals surface area contributed by atoms with Crippen molar-refractivity contribution in [2.75, 3.05) is 24.2 Å². The Morgan fingerprint density at radius 2 is 1.81 bits per heavy atom. The number of hydrogen-bond acceptors (Lipinski definition) is 4. The number of thioether (sulfide) groups is 1. The number of carbonyl (C=O) groups is 1. The van der Waals surface area contributed by atoms with Gasteiger partial charge in [0.05, 0.1) is 5.71 Å². The Kier molecular flexibility index (Phi) is 6.39. The van der Waals surface area contributed by atoms with Crippen LogP contribution in [0.2, 0.25) is 5.02 Å². The number of nitrogens with one attached hydrogen (secondary N) is 1. The Labute approximate surface area is 193 Å². The number of piperidine rings is 1. The molecule has 2 aromatic carbocycles. The minimum absolute atomic E-state index is 0.0647. The second kappa shape index (κ2) is 9.05. The summed E-state index contributed by atoms with van der Waals surface area (Å²) in [6, 6.07) is 13.7. The van der Waals surface area contributed by atoms with Crippen LogP contribution in [0.25, 0.3) is 0 Å². The summed E-state index contributed by atoms with van der Waals surface area (Å²) < 4.78 is 0. The number of amides is 2. The van der Waals surface area contributed by atoms with Gasteiger partial charge in [-0.1, -0.05) is 36.7 Å². The number of anilines is 1. The van der Waals surface area contributed by atoms with E-state index >= 15 is 0 Å². The molecule has 2 aliphatic rings. The highest BCUT2D eigenvalue weighted by atomic mass is 35.5. The summed E-state index contributed by atoms with van der Waals surface area (Å²) >= 11 is 7.78. The first-order valence-electron chi connectivity index (χ1n) is 10.6. The van der Waals surface area contributed by atoms with Crippen LogP contribution in [0.4, 0.5) is 10.5 Å². The maximum Gasteiger partial charge on any atom is 0.321 e. The molecule has 0 aliphatic carbocycles. The monoisotopic (exact) mass is 454 g/mol. The number of aryl methyl sites for hydroxylation is 2. The Hall–Kier alpha value is -2.31. The minimum Gasteiger partial charge on any atom is -0.324 e. The molecule has 0 bridgehead atoms. The lowest BCUT2D eigenvalue weighted by molar-refractivity contribution is 0.175. The van der Waals surface area contributed by atoms with E-state index in [1.807, 2.05) is 47.4 Å². The van der Waals surface area contributed by atoms with Gasteiger partial charge in [0.15, 0.2) is 5.66 Å². The molecule has 1 saturated heterocycles. The zero-order valence-corrected chi connectivity index (χ0v) is 19.7. The number of urea groups is 1. The molecule has 1 spiro atoms. The highest BCUT2D eigenvalue weighted by Gasteiger charge is 2.40. The van der Waals surface area contributed by atoms with Crippen LogP contribution >= 0.6 is 23.4 Å². The molecule has 2 heterocycles. The van der Waals surface area contributed by atoms with Gasteiger partial charge in [-0.2, -0.15) is 0 Å². The maximum atomic E-state index is 12.8. The van der Waals surface area contributed by atoms with Crippen LogP contribution in [0.1, 0.15) is 36.5 Å². The van der Waals surface area contributed by atoms with Crippen molar-refractivity contribution in [2.24, 2.45) is 9.98 Å². The third-order valence-corrected chi connectivity index (χ3v) is 6.94. The molecule has 162 valence electrons. The fourth-order valence-corrected chi connectivity index (χ4v) is 4.80. The third-order valence-electron chi connectivity index (χ3n) is 5.84. The molecular weight excluding hydrogens is 428 g/mol. The van der Waals surface area contributed by atoms with E-state index in [9.17, 15) is 4.79 Å². The molecule has 1 N–H and O–H groups in total. The lowest BCUT2D eigenvalue weighted by atomic mass is 9.98. The van der Waals surface area contributed by atoms with Gasteiger partial charge in [-0.05, 0) is 55.0 Å². The van der Waals surface area contributed by atoms with Crippen molar-refractivity contribution in [1.82, 2.24) is 4.90 Å². The lowest BCUT2D eigenvalue weighted by Gasteiger charge is -2.35. The van der Waals surface area contributed by atoms with E-state index in [1.54, 1.807) is 11.8 Å². The average Bonchev–Trinajstić information content (AvgIpc) is 3.09. The number of aliphatic imine (C=N–C) groups is 2. The first kappa shape index (κ1) is 21.9. The number of halogens is 1. The Balaban J connectivity index is 1.46. The molecule has 1 fully saturated rings. The van der Waals surface area contributed by atoms with Gasteiger partial charge in [-0.15, -0.1) is 11.8 Å². The minimum atomic E-state index is -0.469. The van der Waals surface area contributed by atoms with Crippen LogP contribution in [0.5, 0.6) is 0 Å². The molecule has 0 aromatic heterocycles. The summed E-state index contributed by atoms with van der Waals surface area (Å²) in [6.45, 7) is 7.49. The number of hydrogen-bond donors (Lipinski definition) is 1. The number of likely N-dealkylation sites (tertiary alicyclic amines) is 1. The summed E-state index contributed by atoms with van der Waals surface area (Å²) in [7, 11) is 0. The van der Waals surface area contributed by atoms with Crippen LogP contribution in [-0.2, 0) is 0 Å². The molecule has 5 nitrogen and oxygen atoms in total. The van der Waals surface area contributed by atoms with Gasteiger partial charge < -0.3 is 10.2 Å². The maximum absolute atomic E-state index is 12.8. The topological polar surface area (TPSA) is 57.1 Å². The smallest absolute Gasteiger partial charge is 0.321 e. The highest BCUT2D eigenvalue weighted by Crippen LogP contribution is 2.36. The van der Waals surface area contributed by atoms with Crippen LogP contribution in [-0.4, -0.2) is 46.2 Å². The highest BCUT2D eigenvalue weighted by molar-refractivity contribution is 8.15. The zero-order chi connectivity index (χ0) is 22.0. The summed E-state index contributed by atoms with van der Waals surface area (Å²) in [6.07, 6.45) is 1.44. The first-order valence-corrected chi connectivity index (χ1v) is 12.0. The van der Waals surface area contributed by atoms with Crippen molar-refractivity contribution in [3.8, 4) is 0 Å². The van der Waals surface area contributed by atoms with Crippen LogP contribution in [0.3, 0.4) is 0 Å². The van der Waals surface area contributed by atoms with Crippen molar-refractivity contribution in [3.05, 3.63) is 64.2 Å². The molecule has 0 saturated carbocycles. The number of benzene rings is 2. The molecule has 0 atom stereocenters. The normalized spacial score (nSPS) is 17.5. The molecule has 0 unspecified atom stereocenters. The van der Waals surface area contributed by atoms with Gasteiger partial charge in [-0.3, -0.25) is 4.99 Å².